The van der Waals surface area contributed by atoms with Crippen molar-refractivity contribution in [3.63, 3.8) is 0 Å². The minimum absolute atomic E-state index is 0.461. The molecule has 0 atom stereocenters. The van der Waals surface area contributed by atoms with Gasteiger partial charge in [0, 0.05) is 17.2 Å². The molecule has 0 saturated heterocycles. The smallest absolute Gasteiger partial charge is 0.257 e. The number of benzene rings is 1. The Morgan fingerprint density at radius 3 is 2.47 bits per heavy atom. The SMILES string of the molecule is CC1CCC(c2noc(-c3ccc(N)cc3)n2)CC1. The lowest BCUT2D eigenvalue weighted by molar-refractivity contribution is 0.329. The second kappa shape index (κ2) is 5.03. The highest BCUT2D eigenvalue weighted by Crippen LogP contribution is 2.34. The summed E-state index contributed by atoms with van der Waals surface area (Å²) in [5.41, 5.74) is 7.34. The highest BCUT2D eigenvalue weighted by molar-refractivity contribution is 5.56. The Labute approximate surface area is 113 Å². The van der Waals surface area contributed by atoms with Crippen molar-refractivity contribution in [3.05, 3.63) is 30.1 Å². The molecule has 0 aliphatic heterocycles. The number of nitrogen functional groups attached to an aromatic ring is 1. The fraction of sp³-hybridized carbons (Fsp3) is 0.467. The molecule has 4 nitrogen and oxygen atoms in total. The van der Waals surface area contributed by atoms with Crippen molar-refractivity contribution >= 4 is 5.69 Å². The molecule has 0 amide bonds. The first-order chi connectivity index (χ1) is 9.22. The summed E-state index contributed by atoms with van der Waals surface area (Å²) in [6, 6.07) is 7.52. The van der Waals surface area contributed by atoms with Crippen LogP contribution in [0.4, 0.5) is 5.69 Å². The van der Waals surface area contributed by atoms with Gasteiger partial charge >= 0.3 is 0 Å². The van der Waals surface area contributed by atoms with E-state index in [-0.39, 0.29) is 0 Å². The first-order valence-corrected chi connectivity index (χ1v) is 6.92. The Hall–Kier alpha value is -1.84. The highest BCUT2D eigenvalue weighted by atomic mass is 16.5. The number of nitrogens with zero attached hydrogens (tertiary/aromatic N) is 2. The van der Waals surface area contributed by atoms with Crippen LogP contribution in [0.1, 0.15) is 44.3 Å². The van der Waals surface area contributed by atoms with Crippen molar-refractivity contribution in [2.45, 2.75) is 38.5 Å². The summed E-state index contributed by atoms with van der Waals surface area (Å²) in [6.07, 6.45) is 4.86. The second-order valence-electron chi connectivity index (χ2n) is 5.54. The van der Waals surface area contributed by atoms with Crippen LogP contribution in [0.15, 0.2) is 28.8 Å². The molecule has 1 aromatic heterocycles. The molecule has 0 bridgehead atoms. The summed E-state index contributed by atoms with van der Waals surface area (Å²) in [5.74, 6) is 2.74. The summed E-state index contributed by atoms with van der Waals surface area (Å²) in [7, 11) is 0. The first-order valence-electron chi connectivity index (χ1n) is 6.92. The zero-order valence-electron chi connectivity index (χ0n) is 11.2. The number of anilines is 1. The number of aromatic nitrogens is 2. The number of hydrogen-bond acceptors (Lipinski definition) is 4. The molecule has 1 heterocycles. The van der Waals surface area contributed by atoms with Crippen molar-refractivity contribution in [1.29, 1.82) is 0 Å². The van der Waals surface area contributed by atoms with Crippen LogP contribution in [0.5, 0.6) is 0 Å². The van der Waals surface area contributed by atoms with E-state index in [9.17, 15) is 0 Å². The molecule has 0 spiro atoms. The Bertz CT molecular complexity index is 539. The largest absolute Gasteiger partial charge is 0.399 e. The van der Waals surface area contributed by atoms with Gasteiger partial charge in [0.05, 0.1) is 0 Å². The predicted octanol–water partition coefficient (Wildman–Crippen LogP) is 3.61. The lowest BCUT2D eigenvalue weighted by atomic mass is 9.83. The lowest BCUT2D eigenvalue weighted by Crippen LogP contribution is -2.11. The molecule has 0 radical (unpaired) electrons. The fourth-order valence-electron chi connectivity index (χ4n) is 2.66. The van der Waals surface area contributed by atoms with Crippen LogP contribution in [0.25, 0.3) is 11.5 Å². The molecule has 2 N–H and O–H groups in total. The summed E-state index contributed by atoms with van der Waals surface area (Å²) in [6.45, 7) is 2.31. The maximum absolute atomic E-state index is 5.67. The predicted molar refractivity (Wildman–Crippen MR) is 74.5 cm³/mol. The average Bonchev–Trinajstić information content (AvgIpc) is 2.90. The molecular weight excluding hydrogens is 238 g/mol. The summed E-state index contributed by atoms with van der Waals surface area (Å²) < 4.78 is 5.37. The van der Waals surface area contributed by atoms with Gasteiger partial charge in [0.2, 0.25) is 0 Å². The normalized spacial score (nSPS) is 23.4. The van der Waals surface area contributed by atoms with Crippen molar-refractivity contribution in [3.8, 4) is 11.5 Å². The minimum Gasteiger partial charge on any atom is -0.399 e. The molecule has 3 rings (SSSR count). The molecule has 1 saturated carbocycles. The minimum atomic E-state index is 0.461. The maximum atomic E-state index is 5.67. The third-order valence-electron chi connectivity index (χ3n) is 3.98. The Balaban J connectivity index is 1.77. The average molecular weight is 257 g/mol. The number of hydrogen-bond donors (Lipinski definition) is 1. The van der Waals surface area contributed by atoms with Crippen molar-refractivity contribution in [2.75, 3.05) is 5.73 Å². The molecule has 19 heavy (non-hydrogen) atoms. The van der Waals surface area contributed by atoms with Gasteiger partial charge < -0.3 is 10.3 Å². The van der Waals surface area contributed by atoms with E-state index >= 15 is 0 Å². The van der Waals surface area contributed by atoms with Crippen molar-refractivity contribution in [1.82, 2.24) is 10.1 Å². The van der Waals surface area contributed by atoms with Gasteiger partial charge in [-0.25, -0.2) is 0 Å². The maximum Gasteiger partial charge on any atom is 0.257 e. The van der Waals surface area contributed by atoms with Crippen LogP contribution < -0.4 is 5.73 Å². The molecule has 2 aromatic rings. The van der Waals surface area contributed by atoms with E-state index in [0.29, 0.717) is 11.8 Å². The standard InChI is InChI=1S/C15H19N3O/c1-10-2-4-11(5-3-10)14-17-15(19-18-14)12-6-8-13(16)9-7-12/h6-11H,2-5,16H2,1H3. The van der Waals surface area contributed by atoms with Gasteiger partial charge in [0.15, 0.2) is 5.82 Å². The molecule has 100 valence electrons. The van der Waals surface area contributed by atoms with E-state index in [0.717, 1.165) is 23.0 Å². The summed E-state index contributed by atoms with van der Waals surface area (Å²) >= 11 is 0. The van der Waals surface area contributed by atoms with E-state index in [2.05, 4.69) is 17.1 Å². The van der Waals surface area contributed by atoms with Crippen LogP contribution in [0.3, 0.4) is 0 Å². The topological polar surface area (TPSA) is 64.9 Å². The van der Waals surface area contributed by atoms with E-state index in [4.69, 9.17) is 10.3 Å². The van der Waals surface area contributed by atoms with E-state index in [1.165, 1.54) is 25.7 Å². The fourth-order valence-corrected chi connectivity index (χ4v) is 2.66. The van der Waals surface area contributed by atoms with Crippen LogP contribution in [-0.4, -0.2) is 10.1 Å². The second-order valence-corrected chi connectivity index (χ2v) is 5.54. The zero-order valence-corrected chi connectivity index (χ0v) is 11.2. The third-order valence-corrected chi connectivity index (χ3v) is 3.98. The third kappa shape index (κ3) is 2.62. The van der Waals surface area contributed by atoms with Gasteiger partial charge in [-0.2, -0.15) is 4.98 Å². The van der Waals surface area contributed by atoms with E-state index in [1.54, 1.807) is 0 Å². The molecule has 0 unspecified atom stereocenters. The molecule has 1 aliphatic carbocycles. The van der Waals surface area contributed by atoms with Gasteiger partial charge in [0.25, 0.3) is 5.89 Å². The quantitative estimate of drug-likeness (QED) is 0.835. The van der Waals surface area contributed by atoms with Gasteiger partial charge in [-0.15, -0.1) is 0 Å². The molecular formula is C15H19N3O. The van der Waals surface area contributed by atoms with Gasteiger partial charge in [-0.3, -0.25) is 0 Å². The van der Waals surface area contributed by atoms with Crippen molar-refractivity contribution in [2.24, 2.45) is 5.92 Å². The van der Waals surface area contributed by atoms with E-state index in [1.807, 2.05) is 24.3 Å². The van der Waals surface area contributed by atoms with Gasteiger partial charge in [-0.1, -0.05) is 24.9 Å². The molecule has 1 fully saturated rings. The Morgan fingerprint density at radius 1 is 1.11 bits per heavy atom. The molecule has 1 aromatic carbocycles. The van der Waals surface area contributed by atoms with Gasteiger partial charge in [-0.05, 0) is 43.0 Å². The number of rotatable bonds is 2. The van der Waals surface area contributed by atoms with Gasteiger partial charge in [0.1, 0.15) is 0 Å². The number of nitrogens with two attached hydrogens (primary N) is 1. The first kappa shape index (κ1) is 12.2. The summed E-state index contributed by atoms with van der Waals surface area (Å²) in [5, 5.41) is 4.15. The molecule has 4 heteroatoms. The van der Waals surface area contributed by atoms with Crippen LogP contribution >= 0.6 is 0 Å². The van der Waals surface area contributed by atoms with Crippen LogP contribution in [-0.2, 0) is 0 Å². The van der Waals surface area contributed by atoms with E-state index < -0.39 is 0 Å². The molecule has 1 aliphatic rings. The van der Waals surface area contributed by atoms with Crippen molar-refractivity contribution < 1.29 is 4.52 Å². The summed E-state index contributed by atoms with van der Waals surface area (Å²) in [4.78, 5) is 4.54. The zero-order chi connectivity index (χ0) is 13.2. The lowest BCUT2D eigenvalue weighted by Gasteiger charge is -2.23. The highest BCUT2D eigenvalue weighted by Gasteiger charge is 2.24. The Morgan fingerprint density at radius 2 is 1.79 bits per heavy atom. The monoisotopic (exact) mass is 257 g/mol. The van der Waals surface area contributed by atoms with Crippen LogP contribution in [0.2, 0.25) is 0 Å². The van der Waals surface area contributed by atoms with Crippen LogP contribution in [0, 0.1) is 5.92 Å². The Kier molecular flexibility index (Phi) is 3.23.